The van der Waals surface area contributed by atoms with E-state index in [1.807, 2.05) is 0 Å². The van der Waals surface area contributed by atoms with E-state index in [0.29, 0.717) is 16.3 Å². The van der Waals surface area contributed by atoms with E-state index in [1.165, 1.54) is 20.1 Å². The Balaban J connectivity index is 1.95. The molecule has 1 heterocycles. The Morgan fingerprint density at radius 3 is 2.64 bits per heavy atom. The molecular weight excluding hydrogens is 344 g/mol. The molecule has 2 amide bonds. The fraction of sp³-hybridized carbons (Fsp3) is 0.235. The fourth-order valence-electron chi connectivity index (χ4n) is 2.11. The van der Waals surface area contributed by atoms with Crippen molar-refractivity contribution in [2.45, 2.75) is 19.4 Å². The highest BCUT2D eigenvalue weighted by Crippen LogP contribution is 2.23. The maximum Gasteiger partial charge on any atom is 0.311 e. The molecule has 2 rings (SSSR count). The van der Waals surface area contributed by atoms with Gasteiger partial charge in [0.05, 0.1) is 19.1 Å². The molecule has 0 radical (unpaired) electrons. The molecule has 8 heteroatoms. The van der Waals surface area contributed by atoms with Crippen molar-refractivity contribution in [2.24, 2.45) is 5.73 Å². The van der Waals surface area contributed by atoms with Crippen molar-refractivity contribution in [3.05, 3.63) is 46.8 Å². The van der Waals surface area contributed by atoms with Crippen LogP contribution in [0.1, 0.15) is 22.8 Å². The molecule has 0 saturated carbocycles. The van der Waals surface area contributed by atoms with E-state index < -0.39 is 23.9 Å². The molecule has 3 N–H and O–H groups in total. The van der Waals surface area contributed by atoms with Crippen molar-refractivity contribution in [2.75, 3.05) is 12.4 Å². The maximum absolute atomic E-state index is 12.1. The standard InChI is InChI=1S/C17H18N2O5S/c1-10(16(22)19-17-12(15(18)21)7-8-25-17)24-14(20)9-11-5-3-4-6-13(11)23-2/h3-8,10H,9H2,1-2H3,(H2,18,21)(H,19,22)/t10-/m0/s1. The van der Waals surface area contributed by atoms with Crippen LogP contribution in [0.3, 0.4) is 0 Å². The molecule has 132 valence electrons. The van der Waals surface area contributed by atoms with E-state index >= 15 is 0 Å². The van der Waals surface area contributed by atoms with Gasteiger partial charge in [-0.3, -0.25) is 14.4 Å². The molecule has 25 heavy (non-hydrogen) atoms. The Bertz CT molecular complexity index is 787. The second-order valence-electron chi connectivity index (χ2n) is 5.14. The molecule has 0 aliphatic rings. The van der Waals surface area contributed by atoms with Crippen LogP contribution in [0.25, 0.3) is 0 Å². The summed E-state index contributed by atoms with van der Waals surface area (Å²) in [5.74, 6) is -1.18. The van der Waals surface area contributed by atoms with Crippen molar-refractivity contribution in [1.29, 1.82) is 0 Å². The molecular formula is C17H18N2O5S. The van der Waals surface area contributed by atoms with Crippen LogP contribution in [0.5, 0.6) is 5.75 Å². The lowest BCUT2D eigenvalue weighted by molar-refractivity contribution is -0.152. The largest absolute Gasteiger partial charge is 0.496 e. The van der Waals surface area contributed by atoms with Gasteiger partial charge in [0.1, 0.15) is 10.8 Å². The van der Waals surface area contributed by atoms with Gasteiger partial charge >= 0.3 is 5.97 Å². The Labute approximate surface area is 148 Å². The summed E-state index contributed by atoms with van der Waals surface area (Å²) in [5, 5.41) is 4.50. The number of carbonyl (C=O) groups is 3. The number of thiophene rings is 1. The van der Waals surface area contributed by atoms with Crippen LogP contribution in [-0.4, -0.2) is 31.0 Å². The average Bonchev–Trinajstić information content (AvgIpc) is 3.03. The van der Waals surface area contributed by atoms with Gasteiger partial charge in [-0.15, -0.1) is 11.3 Å². The molecule has 1 aromatic carbocycles. The summed E-state index contributed by atoms with van der Waals surface area (Å²) >= 11 is 1.16. The lowest BCUT2D eigenvalue weighted by Crippen LogP contribution is -2.31. The van der Waals surface area contributed by atoms with Crippen LogP contribution in [0, 0.1) is 0 Å². The first-order valence-electron chi connectivity index (χ1n) is 7.42. The summed E-state index contributed by atoms with van der Waals surface area (Å²) in [6.07, 6.45) is -1.04. The molecule has 1 aromatic heterocycles. The van der Waals surface area contributed by atoms with Crippen LogP contribution in [-0.2, 0) is 20.7 Å². The van der Waals surface area contributed by atoms with E-state index in [0.717, 1.165) is 11.3 Å². The first-order valence-corrected chi connectivity index (χ1v) is 8.30. The molecule has 0 bridgehead atoms. The number of primary amides is 1. The van der Waals surface area contributed by atoms with Crippen molar-refractivity contribution < 1.29 is 23.9 Å². The number of hydrogen-bond donors (Lipinski definition) is 2. The molecule has 0 aliphatic heterocycles. The third-order valence-electron chi connectivity index (χ3n) is 3.37. The van der Waals surface area contributed by atoms with Crippen molar-refractivity contribution >= 4 is 34.1 Å². The molecule has 1 atom stereocenters. The molecule has 0 fully saturated rings. The molecule has 0 aliphatic carbocycles. The second kappa shape index (κ2) is 8.29. The number of anilines is 1. The van der Waals surface area contributed by atoms with E-state index in [4.69, 9.17) is 15.2 Å². The first kappa shape index (κ1) is 18.5. The van der Waals surface area contributed by atoms with Gasteiger partial charge in [-0.2, -0.15) is 0 Å². The highest BCUT2D eigenvalue weighted by Gasteiger charge is 2.21. The fourth-order valence-corrected chi connectivity index (χ4v) is 2.91. The number of ether oxygens (including phenoxy) is 2. The zero-order valence-corrected chi connectivity index (χ0v) is 14.6. The number of methoxy groups -OCH3 is 1. The lowest BCUT2D eigenvalue weighted by Gasteiger charge is -2.14. The number of hydrogen-bond acceptors (Lipinski definition) is 6. The number of rotatable bonds is 7. The Kier molecular flexibility index (Phi) is 6.13. The summed E-state index contributed by atoms with van der Waals surface area (Å²) in [6.45, 7) is 1.45. The zero-order valence-electron chi connectivity index (χ0n) is 13.8. The van der Waals surface area contributed by atoms with Crippen LogP contribution in [0.4, 0.5) is 5.00 Å². The molecule has 0 spiro atoms. The predicted octanol–water partition coefficient (Wildman–Crippen LogP) is 1.97. The molecule has 7 nitrogen and oxygen atoms in total. The van der Waals surface area contributed by atoms with E-state index in [-0.39, 0.29) is 12.0 Å². The normalized spacial score (nSPS) is 11.4. The van der Waals surface area contributed by atoms with Gasteiger partial charge in [0.15, 0.2) is 6.10 Å². The van der Waals surface area contributed by atoms with E-state index in [9.17, 15) is 14.4 Å². The quantitative estimate of drug-likeness (QED) is 0.732. The minimum Gasteiger partial charge on any atom is -0.496 e. The minimum atomic E-state index is -1.02. The van der Waals surface area contributed by atoms with Gasteiger partial charge < -0.3 is 20.5 Å². The summed E-state index contributed by atoms with van der Waals surface area (Å²) in [4.78, 5) is 35.4. The van der Waals surface area contributed by atoms with Crippen LogP contribution in [0.2, 0.25) is 0 Å². The lowest BCUT2D eigenvalue weighted by atomic mass is 10.1. The van der Waals surface area contributed by atoms with E-state index in [2.05, 4.69) is 5.32 Å². The number of carbonyl (C=O) groups excluding carboxylic acids is 3. The molecule has 0 saturated heterocycles. The van der Waals surface area contributed by atoms with Crippen molar-refractivity contribution in [3.8, 4) is 5.75 Å². The minimum absolute atomic E-state index is 0.0207. The molecule has 0 unspecified atom stereocenters. The third-order valence-corrected chi connectivity index (χ3v) is 4.20. The van der Waals surface area contributed by atoms with Crippen molar-refractivity contribution in [3.63, 3.8) is 0 Å². The highest BCUT2D eigenvalue weighted by atomic mass is 32.1. The van der Waals surface area contributed by atoms with Crippen LogP contribution in [0.15, 0.2) is 35.7 Å². The Morgan fingerprint density at radius 2 is 1.96 bits per heavy atom. The zero-order chi connectivity index (χ0) is 18.4. The predicted molar refractivity (Wildman–Crippen MR) is 93.7 cm³/mol. The van der Waals surface area contributed by atoms with Gasteiger partial charge in [0.2, 0.25) is 0 Å². The Hall–Kier alpha value is -2.87. The number of benzene rings is 1. The average molecular weight is 362 g/mol. The summed E-state index contributed by atoms with van der Waals surface area (Å²) in [6, 6.07) is 8.57. The first-order chi connectivity index (χ1) is 11.9. The second-order valence-corrected chi connectivity index (χ2v) is 6.05. The van der Waals surface area contributed by atoms with Gasteiger partial charge in [-0.1, -0.05) is 18.2 Å². The monoisotopic (exact) mass is 362 g/mol. The SMILES string of the molecule is COc1ccccc1CC(=O)O[C@@H](C)C(=O)Nc1sccc1C(N)=O. The van der Waals surface area contributed by atoms with Crippen LogP contribution < -0.4 is 15.8 Å². The van der Waals surface area contributed by atoms with Crippen LogP contribution >= 0.6 is 11.3 Å². The van der Waals surface area contributed by atoms with Gasteiger partial charge in [0, 0.05) is 5.56 Å². The number of para-hydroxylation sites is 1. The van der Waals surface area contributed by atoms with Crippen molar-refractivity contribution in [1.82, 2.24) is 0 Å². The number of nitrogens with one attached hydrogen (secondary N) is 1. The highest BCUT2D eigenvalue weighted by molar-refractivity contribution is 7.14. The summed E-state index contributed by atoms with van der Waals surface area (Å²) < 4.78 is 10.3. The summed E-state index contributed by atoms with van der Waals surface area (Å²) in [5.41, 5.74) is 6.10. The number of amides is 2. The summed E-state index contributed by atoms with van der Waals surface area (Å²) in [7, 11) is 1.51. The van der Waals surface area contributed by atoms with E-state index in [1.54, 1.807) is 29.6 Å². The third kappa shape index (κ3) is 4.80. The molecule has 2 aromatic rings. The smallest absolute Gasteiger partial charge is 0.311 e. The van der Waals surface area contributed by atoms with Gasteiger partial charge in [0.25, 0.3) is 11.8 Å². The number of nitrogens with two attached hydrogens (primary N) is 1. The topological polar surface area (TPSA) is 108 Å². The maximum atomic E-state index is 12.1. The van der Waals surface area contributed by atoms with Gasteiger partial charge in [-0.25, -0.2) is 0 Å². The Morgan fingerprint density at radius 1 is 1.24 bits per heavy atom. The van der Waals surface area contributed by atoms with Gasteiger partial charge in [-0.05, 0) is 24.4 Å². The number of esters is 1.